The highest BCUT2D eigenvalue weighted by Crippen LogP contribution is 2.28. The second kappa shape index (κ2) is 8.60. The van der Waals surface area contributed by atoms with Gasteiger partial charge >= 0.3 is 0 Å². The van der Waals surface area contributed by atoms with Gasteiger partial charge in [0.2, 0.25) is 5.91 Å². The third-order valence-electron chi connectivity index (χ3n) is 3.27. The van der Waals surface area contributed by atoms with Crippen molar-refractivity contribution in [3.05, 3.63) is 52.0 Å². The molecule has 0 unspecified atom stereocenters. The zero-order chi connectivity index (χ0) is 18.4. The molecular weight excluding hydrogens is 367 g/mol. The molecule has 0 spiro atoms. The van der Waals surface area contributed by atoms with E-state index < -0.39 is 11.8 Å². The van der Waals surface area contributed by atoms with Crippen molar-refractivity contribution in [3.63, 3.8) is 0 Å². The average molecular weight is 383 g/mol. The van der Waals surface area contributed by atoms with Crippen molar-refractivity contribution in [3.8, 4) is 11.5 Å². The van der Waals surface area contributed by atoms with Gasteiger partial charge in [-0.1, -0.05) is 23.2 Å². The summed E-state index contributed by atoms with van der Waals surface area (Å²) in [6, 6.07) is 9.45. The highest BCUT2D eigenvalue weighted by Gasteiger charge is 2.12. The molecule has 0 aliphatic rings. The zero-order valence-electron chi connectivity index (χ0n) is 13.6. The van der Waals surface area contributed by atoms with Gasteiger partial charge in [0.05, 0.1) is 36.5 Å². The number of benzene rings is 2. The lowest BCUT2D eigenvalue weighted by Gasteiger charge is -2.12. The Kier molecular flexibility index (Phi) is 6.50. The van der Waals surface area contributed by atoms with E-state index in [1.807, 2.05) is 0 Å². The summed E-state index contributed by atoms with van der Waals surface area (Å²) in [6.45, 7) is -0.214. The summed E-state index contributed by atoms with van der Waals surface area (Å²) in [4.78, 5) is 24.1. The lowest BCUT2D eigenvalue weighted by molar-refractivity contribution is -0.115. The first-order valence-corrected chi connectivity index (χ1v) is 7.95. The quantitative estimate of drug-likeness (QED) is 0.802. The Morgan fingerprint density at radius 3 is 2.40 bits per heavy atom. The van der Waals surface area contributed by atoms with Crippen molar-refractivity contribution in [1.29, 1.82) is 0 Å². The van der Waals surface area contributed by atoms with E-state index in [0.717, 1.165) is 0 Å². The lowest BCUT2D eigenvalue weighted by Crippen LogP contribution is -2.32. The number of hydrogen-bond acceptors (Lipinski definition) is 4. The molecule has 0 saturated heterocycles. The van der Waals surface area contributed by atoms with Crippen LogP contribution in [0.2, 0.25) is 10.0 Å². The van der Waals surface area contributed by atoms with E-state index in [2.05, 4.69) is 10.6 Å². The molecular formula is C17H16Cl2N2O4. The van der Waals surface area contributed by atoms with E-state index in [-0.39, 0.29) is 11.6 Å². The smallest absolute Gasteiger partial charge is 0.251 e. The van der Waals surface area contributed by atoms with Crippen molar-refractivity contribution in [2.45, 2.75) is 0 Å². The Hall–Kier alpha value is -2.44. The third-order valence-corrected chi connectivity index (χ3v) is 4.01. The van der Waals surface area contributed by atoms with E-state index in [0.29, 0.717) is 27.8 Å². The maximum absolute atomic E-state index is 12.0. The summed E-state index contributed by atoms with van der Waals surface area (Å²) in [5.74, 6) is 0.207. The molecule has 0 aromatic heterocycles. The van der Waals surface area contributed by atoms with Gasteiger partial charge in [0, 0.05) is 11.6 Å². The van der Waals surface area contributed by atoms with Crippen LogP contribution >= 0.6 is 23.2 Å². The van der Waals surface area contributed by atoms with Gasteiger partial charge in [-0.3, -0.25) is 9.59 Å². The molecule has 8 heteroatoms. The van der Waals surface area contributed by atoms with Crippen LogP contribution in [0, 0.1) is 0 Å². The highest BCUT2D eigenvalue weighted by molar-refractivity contribution is 6.42. The van der Waals surface area contributed by atoms with Crippen LogP contribution in [0.15, 0.2) is 36.4 Å². The molecule has 0 saturated carbocycles. The molecule has 25 heavy (non-hydrogen) atoms. The number of ether oxygens (including phenoxy) is 2. The van der Waals surface area contributed by atoms with Gasteiger partial charge in [0.25, 0.3) is 5.91 Å². The Labute approximate surface area is 155 Å². The Balaban J connectivity index is 1.96. The fourth-order valence-electron chi connectivity index (χ4n) is 2.00. The first kappa shape index (κ1) is 18.9. The van der Waals surface area contributed by atoms with Gasteiger partial charge in [-0.05, 0) is 30.3 Å². The molecule has 2 aromatic rings. The van der Waals surface area contributed by atoms with E-state index in [4.69, 9.17) is 32.7 Å². The molecule has 0 heterocycles. The van der Waals surface area contributed by atoms with Gasteiger partial charge in [-0.15, -0.1) is 0 Å². The van der Waals surface area contributed by atoms with E-state index in [9.17, 15) is 9.59 Å². The monoisotopic (exact) mass is 382 g/mol. The number of carbonyl (C=O) groups is 2. The summed E-state index contributed by atoms with van der Waals surface area (Å²) < 4.78 is 10.3. The average Bonchev–Trinajstić information content (AvgIpc) is 2.62. The van der Waals surface area contributed by atoms with Crippen molar-refractivity contribution in [2.75, 3.05) is 26.1 Å². The highest BCUT2D eigenvalue weighted by atomic mass is 35.5. The van der Waals surface area contributed by atoms with Crippen LogP contribution in [-0.4, -0.2) is 32.6 Å². The second-order valence-corrected chi connectivity index (χ2v) is 5.74. The van der Waals surface area contributed by atoms with Crippen LogP contribution in [0.3, 0.4) is 0 Å². The Morgan fingerprint density at radius 1 is 1.00 bits per heavy atom. The molecule has 2 aromatic carbocycles. The van der Waals surface area contributed by atoms with Crippen molar-refractivity contribution >= 4 is 40.7 Å². The number of amides is 2. The predicted octanol–water partition coefficient (Wildman–Crippen LogP) is 3.38. The number of anilines is 1. The third kappa shape index (κ3) is 5.01. The molecule has 0 bridgehead atoms. The maximum Gasteiger partial charge on any atom is 0.251 e. The molecule has 0 fully saturated rings. The number of carbonyl (C=O) groups excluding carboxylic acids is 2. The number of halogens is 2. The number of nitrogens with one attached hydrogen (secondary N) is 2. The summed E-state index contributed by atoms with van der Waals surface area (Å²) >= 11 is 11.7. The van der Waals surface area contributed by atoms with Crippen LogP contribution < -0.4 is 20.1 Å². The van der Waals surface area contributed by atoms with E-state index in [1.165, 1.54) is 32.4 Å². The van der Waals surface area contributed by atoms with Crippen molar-refractivity contribution in [2.24, 2.45) is 0 Å². The molecule has 0 aliphatic heterocycles. The van der Waals surface area contributed by atoms with Gasteiger partial charge in [-0.2, -0.15) is 0 Å². The summed E-state index contributed by atoms with van der Waals surface area (Å²) in [5.41, 5.74) is 0.779. The van der Waals surface area contributed by atoms with Gasteiger partial charge in [0.1, 0.15) is 11.5 Å². The predicted molar refractivity (Wildman–Crippen MR) is 97.0 cm³/mol. The molecule has 6 nitrogen and oxygen atoms in total. The zero-order valence-corrected chi connectivity index (χ0v) is 15.1. The Morgan fingerprint density at radius 2 is 1.76 bits per heavy atom. The SMILES string of the molecule is COc1ccc(NC(=O)CNC(=O)c2ccc(Cl)c(Cl)c2)c(OC)c1. The fraction of sp³-hybridized carbons (Fsp3) is 0.176. The summed E-state index contributed by atoms with van der Waals surface area (Å²) in [6.07, 6.45) is 0. The second-order valence-electron chi connectivity index (χ2n) is 4.93. The van der Waals surface area contributed by atoms with Crippen LogP contribution in [0.4, 0.5) is 5.69 Å². The lowest BCUT2D eigenvalue weighted by atomic mass is 10.2. The molecule has 2 N–H and O–H groups in total. The Bertz CT molecular complexity index is 796. The molecule has 2 rings (SSSR count). The first-order chi connectivity index (χ1) is 11.9. The number of rotatable bonds is 6. The van der Waals surface area contributed by atoms with E-state index >= 15 is 0 Å². The number of hydrogen-bond donors (Lipinski definition) is 2. The minimum absolute atomic E-state index is 0.214. The van der Waals surface area contributed by atoms with Gasteiger partial charge in [-0.25, -0.2) is 0 Å². The largest absolute Gasteiger partial charge is 0.497 e. The minimum atomic E-state index is -0.435. The van der Waals surface area contributed by atoms with Gasteiger partial charge < -0.3 is 20.1 Å². The normalized spacial score (nSPS) is 10.1. The van der Waals surface area contributed by atoms with Gasteiger partial charge in [0.15, 0.2) is 0 Å². The van der Waals surface area contributed by atoms with Crippen molar-refractivity contribution in [1.82, 2.24) is 5.32 Å². The standard InChI is InChI=1S/C17H16Cl2N2O4/c1-24-11-4-6-14(15(8-11)25-2)21-16(22)9-20-17(23)10-3-5-12(18)13(19)7-10/h3-8H,9H2,1-2H3,(H,20,23)(H,21,22). The summed E-state index contributed by atoms with van der Waals surface area (Å²) in [7, 11) is 3.02. The van der Waals surface area contributed by atoms with Crippen LogP contribution in [-0.2, 0) is 4.79 Å². The first-order valence-electron chi connectivity index (χ1n) is 7.19. The molecule has 0 radical (unpaired) electrons. The van der Waals surface area contributed by atoms with E-state index in [1.54, 1.807) is 18.2 Å². The molecule has 0 aliphatic carbocycles. The molecule has 2 amide bonds. The van der Waals surface area contributed by atoms with Crippen LogP contribution in [0.25, 0.3) is 0 Å². The van der Waals surface area contributed by atoms with Crippen molar-refractivity contribution < 1.29 is 19.1 Å². The van der Waals surface area contributed by atoms with Crippen LogP contribution in [0.5, 0.6) is 11.5 Å². The minimum Gasteiger partial charge on any atom is -0.497 e. The maximum atomic E-state index is 12.0. The molecule has 0 atom stereocenters. The van der Waals surface area contributed by atoms with Crippen LogP contribution in [0.1, 0.15) is 10.4 Å². The number of methoxy groups -OCH3 is 2. The topological polar surface area (TPSA) is 76.7 Å². The summed E-state index contributed by atoms with van der Waals surface area (Å²) in [5, 5.41) is 5.78. The fourth-order valence-corrected chi connectivity index (χ4v) is 2.29. The molecule has 132 valence electrons.